The molecule has 0 spiro atoms. The summed E-state index contributed by atoms with van der Waals surface area (Å²) in [5.41, 5.74) is 1.32. The molecule has 1 saturated heterocycles. The summed E-state index contributed by atoms with van der Waals surface area (Å²) in [5, 5.41) is 0. The van der Waals surface area contributed by atoms with Crippen LogP contribution in [0.1, 0.15) is 17.4 Å². The number of para-hydroxylation sites is 1. The molecule has 4 rings (SSSR count). The quantitative estimate of drug-likeness (QED) is 0.633. The summed E-state index contributed by atoms with van der Waals surface area (Å²) in [5.74, 6) is 2.05. The second-order valence-electron chi connectivity index (χ2n) is 7.32. The zero-order chi connectivity index (χ0) is 19.2. The number of benzene rings is 2. The first-order valence-electron chi connectivity index (χ1n) is 9.95. The van der Waals surface area contributed by atoms with Crippen molar-refractivity contribution in [3.63, 3.8) is 0 Å². The van der Waals surface area contributed by atoms with E-state index in [4.69, 9.17) is 4.74 Å². The van der Waals surface area contributed by atoms with Crippen molar-refractivity contribution in [2.24, 2.45) is 7.05 Å². The van der Waals surface area contributed by atoms with E-state index in [1.807, 2.05) is 42.7 Å². The van der Waals surface area contributed by atoms with Crippen molar-refractivity contribution >= 4 is 0 Å². The first-order valence-corrected chi connectivity index (χ1v) is 9.95. The van der Waals surface area contributed by atoms with Gasteiger partial charge < -0.3 is 9.30 Å². The zero-order valence-corrected chi connectivity index (χ0v) is 16.4. The summed E-state index contributed by atoms with van der Waals surface area (Å²) in [7, 11) is 2.06. The van der Waals surface area contributed by atoms with Crippen molar-refractivity contribution in [3.05, 3.63) is 84.4 Å². The number of rotatable bonds is 7. The van der Waals surface area contributed by atoms with Gasteiger partial charge in [0.1, 0.15) is 18.2 Å². The molecular formula is C23H28N4O. The molecule has 146 valence electrons. The van der Waals surface area contributed by atoms with Crippen molar-refractivity contribution in [2.45, 2.75) is 12.6 Å². The van der Waals surface area contributed by atoms with Crippen LogP contribution >= 0.6 is 0 Å². The topological polar surface area (TPSA) is 33.5 Å². The van der Waals surface area contributed by atoms with Crippen LogP contribution in [0.25, 0.3) is 0 Å². The van der Waals surface area contributed by atoms with Crippen LogP contribution < -0.4 is 4.74 Å². The van der Waals surface area contributed by atoms with E-state index in [9.17, 15) is 0 Å². The number of imidazole rings is 1. The summed E-state index contributed by atoms with van der Waals surface area (Å²) < 4.78 is 8.24. The maximum absolute atomic E-state index is 6.13. The molecule has 1 atom stereocenters. The minimum Gasteiger partial charge on any atom is -0.492 e. The molecule has 0 saturated carbocycles. The van der Waals surface area contributed by atoms with Crippen LogP contribution in [0.4, 0.5) is 0 Å². The monoisotopic (exact) mass is 376 g/mol. The molecule has 1 aliphatic heterocycles. The van der Waals surface area contributed by atoms with Gasteiger partial charge in [-0.2, -0.15) is 0 Å². The highest BCUT2D eigenvalue weighted by atomic mass is 16.5. The highest BCUT2D eigenvalue weighted by molar-refractivity contribution is 5.23. The summed E-state index contributed by atoms with van der Waals surface area (Å²) in [6, 6.07) is 21.1. The minimum absolute atomic E-state index is 0.261. The number of nitrogens with zero attached hydrogens (tertiary/aromatic N) is 4. The lowest BCUT2D eigenvalue weighted by Crippen LogP contribution is -2.48. The smallest absolute Gasteiger partial charge is 0.122 e. The number of piperazine rings is 1. The van der Waals surface area contributed by atoms with Crippen LogP contribution in [0.5, 0.6) is 5.75 Å². The van der Waals surface area contributed by atoms with E-state index in [2.05, 4.69) is 56.7 Å². The molecule has 2 aromatic carbocycles. The molecule has 0 radical (unpaired) electrons. The van der Waals surface area contributed by atoms with Gasteiger partial charge in [0, 0.05) is 45.6 Å². The fourth-order valence-electron chi connectivity index (χ4n) is 3.76. The maximum atomic E-state index is 6.13. The molecule has 2 heterocycles. The van der Waals surface area contributed by atoms with Gasteiger partial charge in [-0.15, -0.1) is 0 Å². The maximum Gasteiger partial charge on any atom is 0.122 e. The van der Waals surface area contributed by atoms with Crippen LogP contribution in [0.15, 0.2) is 73.1 Å². The summed E-state index contributed by atoms with van der Waals surface area (Å²) in [6.45, 7) is 5.72. The van der Waals surface area contributed by atoms with Gasteiger partial charge in [0.05, 0.1) is 12.6 Å². The Morgan fingerprint density at radius 2 is 1.61 bits per heavy atom. The molecule has 1 unspecified atom stereocenters. The lowest BCUT2D eigenvalue weighted by molar-refractivity contribution is 0.0663. The van der Waals surface area contributed by atoms with Gasteiger partial charge in [0.25, 0.3) is 0 Å². The molecule has 1 aromatic heterocycles. The Kier molecular flexibility index (Phi) is 6.04. The van der Waals surface area contributed by atoms with Gasteiger partial charge in [-0.05, 0) is 17.7 Å². The van der Waals surface area contributed by atoms with Crippen LogP contribution in [0, 0.1) is 0 Å². The van der Waals surface area contributed by atoms with Crippen molar-refractivity contribution < 1.29 is 4.74 Å². The van der Waals surface area contributed by atoms with Gasteiger partial charge in [0.2, 0.25) is 0 Å². The SMILES string of the molecule is Cn1ccnc1CN1CCN(C(COc2ccccc2)c2ccccc2)CC1. The largest absolute Gasteiger partial charge is 0.492 e. The Morgan fingerprint density at radius 1 is 0.929 bits per heavy atom. The number of ether oxygens (including phenoxy) is 1. The second kappa shape index (κ2) is 9.04. The van der Waals surface area contributed by atoms with Crippen molar-refractivity contribution in [1.82, 2.24) is 19.4 Å². The average Bonchev–Trinajstić information content (AvgIpc) is 3.15. The van der Waals surface area contributed by atoms with Gasteiger partial charge in [-0.1, -0.05) is 48.5 Å². The Bertz CT molecular complexity index is 841. The lowest BCUT2D eigenvalue weighted by atomic mass is 10.0. The van der Waals surface area contributed by atoms with Gasteiger partial charge in [-0.25, -0.2) is 4.98 Å². The second-order valence-corrected chi connectivity index (χ2v) is 7.32. The third kappa shape index (κ3) is 4.61. The fraction of sp³-hybridized carbons (Fsp3) is 0.348. The Labute approximate surface area is 167 Å². The van der Waals surface area contributed by atoms with Gasteiger partial charge in [0.15, 0.2) is 0 Å². The van der Waals surface area contributed by atoms with Crippen LogP contribution in [0.2, 0.25) is 0 Å². The molecule has 1 aliphatic rings. The van der Waals surface area contributed by atoms with E-state index in [0.29, 0.717) is 6.61 Å². The van der Waals surface area contributed by atoms with E-state index in [1.165, 1.54) is 5.56 Å². The highest BCUT2D eigenvalue weighted by Gasteiger charge is 2.26. The molecular weight excluding hydrogens is 348 g/mol. The minimum atomic E-state index is 0.261. The number of hydrogen-bond donors (Lipinski definition) is 0. The van der Waals surface area contributed by atoms with E-state index in [1.54, 1.807) is 0 Å². The number of hydrogen-bond acceptors (Lipinski definition) is 4. The van der Waals surface area contributed by atoms with E-state index < -0.39 is 0 Å². The summed E-state index contributed by atoms with van der Waals surface area (Å²) in [6.07, 6.45) is 3.88. The molecule has 0 bridgehead atoms. The van der Waals surface area contributed by atoms with Crippen LogP contribution in [-0.4, -0.2) is 52.1 Å². The van der Waals surface area contributed by atoms with E-state index in [-0.39, 0.29) is 6.04 Å². The standard InChI is InChI=1S/C23H28N4O/c1-25-13-12-24-23(25)18-26-14-16-27(17-15-26)22(20-8-4-2-5-9-20)19-28-21-10-6-3-7-11-21/h2-13,22H,14-19H2,1H3. The first-order chi connectivity index (χ1) is 13.8. The number of aryl methyl sites for hydroxylation is 1. The molecule has 0 N–H and O–H groups in total. The Balaban J connectivity index is 1.40. The molecule has 0 aliphatic carbocycles. The normalized spacial score (nSPS) is 16.8. The van der Waals surface area contributed by atoms with Crippen molar-refractivity contribution in [3.8, 4) is 5.75 Å². The number of aromatic nitrogens is 2. The van der Waals surface area contributed by atoms with E-state index in [0.717, 1.165) is 44.3 Å². The molecule has 3 aromatic rings. The first kappa shape index (κ1) is 18.7. The third-order valence-electron chi connectivity index (χ3n) is 5.47. The molecule has 5 nitrogen and oxygen atoms in total. The van der Waals surface area contributed by atoms with Crippen molar-refractivity contribution in [1.29, 1.82) is 0 Å². The third-order valence-corrected chi connectivity index (χ3v) is 5.47. The fourth-order valence-corrected chi connectivity index (χ4v) is 3.76. The van der Waals surface area contributed by atoms with E-state index >= 15 is 0 Å². The Morgan fingerprint density at radius 3 is 2.25 bits per heavy atom. The molecule has 0 amide bonds. The summed E-state index contributed by atoms with van der Waals surface area (Å²) >= 11 is 0. The highest BCUT2D eigenvalue weighted by Crippen LogP contribution is 2.24. The van der Waals surface area contributed by atoms with Gasteiger partial charge in [-0.3, -0.25) is 9.80 Å². The van der Waals surface area contributed by atoms with Crippen molar-refractivity contribution in [2.75, 3.05) is 32.8 Å². The predicted octanol–water partition coefficient (Wildman–Crippen LogP) is 3.36. The predicted molar refractivity (Wildman–Crippen MR) is 111 cm³/mol. The summed E-state index contributed by atoms with van der Waals surface area (Å²) in [4.78, 5) is 9.50. The molecule has 1 fully saturated rings. The molecule has 5 heteroatoms. The van der Waals surface area contributed by atoms with Crippen LogP contribution in [-0.2, 0) is 13.6 Å². The average molecular weight is 377 g/mol. The zero-order valence-electron chi connectivity index (χ0n) is 16.4. The van der Waals surface area contributed by atoms with Gasteiger partial charge >= 0.3 is 0 Å². The molecule has 28 heavy (non-hydrogen) atoms. The van der Waals surface area contributed by atoms with Crippen LogP contribution in [0.3, 0.4) is 0 Å². The Hall–Kier alpha value is -2.63. The lowest BCUT2D eigenvalue weighted by Gasteiger charge is -2.39.